The number of ether oxygens (including phenoxy) is 1. The number of hydrogen-bond donors (Lipinski definition) is 1. The molecule has 2 unspecified atom stereocenters. The highest BCUT2D eigenvalue weighted by molar-refractivity contribution is 7.89. The second kappa shape index (κ2) is 5.50. The van der Waals surface area contributed by atoms with Gasteiger partial charge in [-0.1, -0.05) is 6.42 Å². The minimum atomic E-state index is -3.95. The average molecular weight is 380 g/mol. The van der Waals surface area contributed by atoms with Crippen molar-refractivity contribution in [3.05, 3.63) is 23.5 Å². The maximum Gasteiger partial charge on any atom is 0.246 e. The Morgan fingerprint density at radius 1 is 1.23 bits per heavy atom. The summed E-state index contributed by atoms with van der Waals surface area (Å²) in [7, 11) is -3.95. The molecule has 0 bridgehead atoms. The lowest BCUT2D eigenvalue weighted by Gasteiger charge is -2.42. The van der Waals surface area contributed by atoms with Gasteiger partial charge < -0.3 is 10.1 Å². The Hall–Kier alpha value is -1.51. The quantitative estimate of drug-likeness (QED) is 0.850. The zero-order chi connectivity index (χ0) is 18.1. The maximum atomic E-state index is 14.7. The molecule has 2 saturated heterocycles. The summed E-state index contributed by atoms with van der Waals surface area (Å²) < 4.78 is 48.4. The number of sulfonamides is 1. The molecule has 5 rings (SSSR count). The molecule has 3 aliphatic heterocycles. The number of nitrogens with zero attached hydrogens (tertiary/aromatic N) is 1. The van der Waals surface area contributed by atoms with Crippen LogP contribution in [0.1, 0.15) is 31.2 Å². The number of carbonyl (C=O) groups is 1. The van der Waals surface area contributed by atoms with E-state index in [-0.39, 0.29) is 34.6 Å². The number of rotatable bonds is 2. The molecule has 1 amide bonds. The lowest BCUT2D eigenvalue weighted by atomic mass is 9.62. The van der Waals surface area contributed by atoms with Gasteiger partial charge in [0.2, 0.25) is 15.9 Å². The predicted octanol–water partition coefficient (Wildman–Crippen LogP) is 1.90. The van der Waals surface area contributed by atoms with Gasteiger partial charge in [-0.15, -0.1) is 0 Å². The van der Waals surface area contributed by atoms with E-state index >= 15 is 0 Å². The molecule has 3 heterocycles. The van der Waals surface area contributed by atoms with Crippen molar-refractivity contribution in [2.75, 3.05) is 25.1 Å². The third-order valence-electron chi connectivity index (χ3n) is 6.67. The molecule has 2 atom stereocenters. The Morgan fingerprint density at radius 3 is 2.77 bits per heavy atom. The van der Waals surface area contributed by atoms with Gasteiger partial charge in [0.05, 0.1) is 19.3 Å². The first-order chi connectivity index (χ1) is 12.4. The summed E-state index contributed by atoms with van der Waals surface area (Å²) in [5.41, 5.74) is 1.05. The van der Waals surface area contributed by atoms with Gasteiger partial charge in [0.25, 0.3) is 0 Å². The fourth-order valence-electron chi connectivity index (χ4n) is 5.08. The van der Waals surface area contributed by atoms with Gasteiger partial charge in [0, 0.05) is 24.6 Å². The van der Waals surface area contributed by atoms with Crippen molar-refractivity contribution in [2.24, 2.45) is 11.3 Å². The number of carbonyl (C=O) groups excluding carboxylic acids is 1. The predicted molar refractivity (Wildman–Crippen MR) is 91.6 cm³/mol. The van der Waals surface area contributed by atoms with E-state index in [1.165, 1.54) is 10.4 Å². The Kier molecular flexibility index (Phi) is 3.52. The fourth-order valence-corrected chi connectivity index (χ4v) is 6.92. The van der Waals surface area contributed by atoms with E-state index < -0.39 is 15.8 Å². The minimum Gasteiger partial charge on any atom is -0.379 e. The third kappa shape index (κ3) is 2.21. The second-order valence-corrected chi connectivity index (χ2v) is 9.82. The van der Waals surface area contributed by atoms with Crippen LogP contribution in [0.4, 0.5) is 10.1 Å². The summed E-state index contributed by atoms with van der Waals surface area (Å²) >= 11 is 0. The Balaban J connectivity index is 1.54. The number of aryl methyl sites for hydroxylation is 1. The Labute approximate surface area is 151 Å². The summed E-state index contributed by atoms with van der Waals surface area (Å²) in [6, 6.07) is 2.34. The molecule has 8 heteroatoms. The number of amides is 1. The fraction of sp³-hybridized carbons (Fsp3) is 0.611. The zero-order valence-electron chi connectivity index (χ0n) is 14.3. The summed E-state index contributed by atoms with van der Waals surface area (Å²) in [5.74, 6) is -0.771. The molecule has 1 spiro atoms. The van der Waals surface area contributed by atoms with Crippen molar-refractivity contribution in [1.29, 1.82) is 0 Å². The van der Waals surface area contributed by atoms with Gasteiger partial charge in [0.15, 0.2) is 0 Å². The van der Waals surface area contributed by atoms with Crippen molar-refractivity contribution in [2.45, 2.75) is 43.0 Å². The van der Waals surface area contributed by atoms with E-state index in [1.54, 1.807) is 0 Å². The number of fused-ring (bicyclic) bond motifs is 3. The first-order valence-electron chi connectivity index (χ1n) is 9.13. The number of anilines is 1. The summed E-state index contributed by atoms with van der Waals surface area (Å²) in [5, 5.41) is 2.61. The van der Waals surface area contributed by atoms with Gasteiger partial charge in [0.1, 0.15) is 10.7 Å². The molecular weight excluding hydrogens is 359 g/mol. The van der Waals surface area contributed by atoms with Gasteiger partial charge in [-0.3, -0.25) is 4.79 Å². The van der Waals surface area contributed by atoms with Gasteiger partial charge in [-0.25, -0.2) is 12.8 Å². The highest BCUT2D eigenvalue weighted by Gasteiger charge is 2.60. The smallest absolute Gasteiger partial charge is 0.246 e. The van der Waals surface area contributed by atoms with Crippen LogP contribution in [0.5, 0.6) is 0 Å². The molecular formula is C18H21FN2O4S. The highest BCUT2D eigenvalue weighted by Crippen LogP contribution is 2.56. The molecule has 1 aromatic carbocycles. The normalized spacial score (nSPS) is 30.0. The first kappa shape index (κ1) is 16.6. The molecule has 140 valence electrons. The lowest BCUT2D eigenvalue weighted by Crippen LogP contribution is -2.40. The zero-order valence-corrected chi connectivity index (χ0v) is 15.1. The van der Waals surface area contributed by atoms with Crippen LogP contribution in [0.15, 0.2) is 17.0 Å². The van der Waals surface area contributed by atoms with E-state index in [0.29, 0.717) is 37.4 Å². The minimum absolute atomic E-state index is 0.00684. The van der Waals surface area contributed by atoms with Crippen molar-refractivity contribution < 1.29 is 22.3 Å². The lowest BCUT2D eigenvalue weighted by molar-refractivity contribution is -0.116. The van der Waals surface area contributed by atoms with E-state index in [4.69, 9.17) is 4.74 Å². The molecule has 6 nitrogen and oxygen atoms in total. The molecule has 26 heavy (non-hydrogen) atoms. The van der Waals surface area contributed by atoms with Gasteiger partial charge in [-0.2, -0.15) is 4.31 Å². The summed E-state index contributed by atoms with van der Waals surface area (Å²) in [6.07, 6.45) is 3.85. The summed E-state index contributed by atoms with van der Waals surface area (Å²) in [4.78, 5) is 11.2. The number of halogens is 1. The second-order valence-electron chi connectivity index (χ2n) is 7.97. The highest BCUT2D eigenvalue weighted by atomic mass is 32.2. The monoisotopic (exact) mass is 380 g/mol. The van der Waals surface area contributed by atoms with Crippen LogP contribution in [-0.4, -0.2) is 44.4 Å². The van der Waals surface area contributed by atoms with Gasteiger partial charge >= 0.3 is 0 Å². The van der Waals surface area contributed by atoms with Crippen LogP contribution in [0.2, 0.25) is 0 Å². The number of nitrogens with one attached hydrogen (secondary N) is 1. The van der Waals surface area contributed by atoms with Crippen LogP contribution in [-0.2, 0) is 26.0 Å². The molecule has 1 aliphatic carbocycles. The molecule has 3 fully saturated rings. The SMILES string of the molecule is O=C1CCc2cc(S(=O)(=O)N3CC4(CCC4)C4COCC43)c(F)cc2N1. The van der Waals surface area contributed by atoms with Crippen molar-refractivity contribution in [1.82, 2.24) is 4.31 Å². The molecule has 4 aliphatic rings. The van der Waals surface area contributed by atoms with Crippen molar-refractivity contribution >= 4 is 21.6 Å². The average Bonchev–Trinajstić information content (AvgIpc) is 3.13. The number of hydrogen-bond acceptors (Lipinski definition) is 4. The molecule has 0 radical (unpaired) electrons. The van der Waals surface area contributed by atoms with Crippen LogP contribution in [0.3, 0.4) is 0 Å². The maximum absolute atomic E-state index is 14.7. The van der Waals surface area contributed by atoms with Gasteiger partial charge in [-0.05, 0) is 42.4 Å². The van der Waals surface area contributed by atoms with Crippen LogP contribution in [0, 0.1) is 17.2 Å². The van der Waals surface area contributed by atoms with Crippen LogP contribution >= 0.6 is 0 Å². The molecule has 1 saturated carbocycles. The van der Waals surface area contributed by atoms with Crippen LogP contribution < -0.4 is 5.32 Å². The Bertz CT molecular complexity index is 897. The molecule has 0 aromatic heterocycles. The van der Waals surface area contributed by atoms with E-state index in [2.05, 4.69) is 5.32 Å². The van der Waals surface area contributed by atoms with Crippen molar-refractivity contribution in [3.8, 4) is 0 Å². The largest absolute Gasteiger partial charge is 0.379 e. The molecule has 1 aromatic rings. The Morgan fingerprint density at radius 2 is 2.04 bits per heavy atom. The van der Waals surface area contributed by atoms with Crippen molar-refractivity contribution in [3.63, 3.8) is 0 Å². The third-order valence-corrected chi connectivity index (χ3v) is 8.55. The molecule has 1 N–H and O–H groups in total. The topological polar surface area (TPSA) is 75.7 Å². The number of benzene rings is 1. The first-order valence-corrected chi connectivity index (χ1v) is 10.6. The van der Waals surface area contributed by atoms with E-state index in [0.717, 1.165) is 25.3 Å². The van der Waals surface area contributed by atoms with E-state index in [9.17, 15) is 17.6 Å². The summed E-state index contributed by atoms with van der Waals surface area (Å²) in [6.45, 7) is 1.44. The van der Waals surface area contributed by atoms with Crippen LogP contribution in [0.25, 0.3) is 0 Å². The van der Waals surface area contributed by atoms with E-state index in [1.807, 2.05) is 0 Å². The standard InChI is InChI=1S/C18H21FN2O4S/c19-13-7-14-11(2-3-17(22)20-14)6-16(13)26(23,24)21-10-18(4-1-5-18)12-8-25-9-15(12)21/h6-7,12,15H,1-5,8-10H2,(H,20,22).